The van der Waals surface area contributed by atoms with E-state index in [-0.39, 0.29) is 27.4 Å². The minimum absolute atomic E-state index is 0.0575. The molecule has 24 heavy (non-hydrogen) atoms. The van der Waals surface area contributed by atoms with Gasteiger partial charge in [-0.15, -0.1) is 0 Å². The van der Waals surface area contributed by atoms with Crippen molar-refractivity contribution in [3.05, 3.63) is 28.8 Å². The fourth-order valence-corrected chi connectivity index (χ4v) is 4.69. The summed E-state index contributed by atoms with van der Waals surface area (Å²) in [5, 5.41) is 0.273. The summed E-state index contributed by atoms with van der Waals surface area (Å²) < 4.78 is 27.2. The molecule has 134 valence electrons. The van der Waals surface area contributed by atoms with E-state index in [0.717, 1.165) is 6.42 Å². The Hall–Kier alpha value is -1.11. The van der Waals surface area contributed by atoms with Gasteiger partial charge in [-0.1, -0.05) is 25.4 Å². The Balaban J connectivity index is 2.33. The van der Waals surface area contributed by atoms with Gasteiger partial charge in [0.15, 0.2) is 0 Å². The molecule has 1 aliphatic rings. The van der Waals surface area contributed by atoms with Crippen molar-refractivity contribution in [1.29, 1.82) is 0 Å². The molecule has 0 radical (unpaired) electrons. The van der Waals surface area contributed by atoms with Crippen LogP contribution in [-0.4, -0.2) is 38.4 Å². The predicted molar refractivity (Wildman–Crippen MR) is 95.8 cm³/mol. The Morgan fingerprint density at radius 1 is 1.25 bits per heavy atom. The van der Waals surface area contributed by atoms with Crippen LogP contribution in [0.2, 0.25) is 5.02 Å². The highest BCUT2D eigenvalue weighted by Gasteiger charge is 2.28. The van der Waals surface area contributed by atoms with Crippen LogP contribution < -0.4 is 4.72 Å². The Morgan fingerprint density at radius 2 is 1.83 bits per heavy atom. The minimum Gasteiger partial charge on any atom is -0.338 e. The molecule has 7 heteroatoms. The Kier molecular flexibility index (Phi) is 5.94. The van der Waals surface area contributed by atoms with Gasteiger partial charge in [-0.2, -0.15) is 0 Å². The van der Waals surface area contributed by atoms with Crippen LogP contribution in [0.3, 0.4) is 0 Å². The van der Waals surface area contributed by atoms with Crippen molar-refractivity contribution in [2.45, 2.75) is 45.1 Å². The van der Waals surface area contributed by atoms with Gasteiger partial charge in [0.05, 0.1) is 15.5 Å². The van der Waals surface area contributed by atoms with Crippen LogP contribution in [0.4, 0.5) is 0 Å². The molecule has 1 saturated heterocycles. The summed E-state index contributed by atoms with van der Waals surface area (Å²) in [5.41, 5.74) is 0.240. The number of nitrogens with one attached hydrogen (secondary N) is 1. The van der Waals surface area contributed by atoms with Gasteiger partial charge in [0.2, 0.25) is 10.0 Å². The van der Waals surface area contributed by atoms with Crippen molar-refractivity contribution in [3.8, 4) is 0 Å². The van der Waals surface area contributed by atoms with Crippen LogP contribution in [0, 0.1) is 11.8 Å². The minimum atomic E-state index is -3.66. The molecule has 0 saturated carbocycles. The molecule has 5 nitrogen and oxygen atoms in total. The van der Waals surface area contributed by atoms with Crippen molar-refractivity contribution in [2.24, 2.45) is 11.8 Å². The molecule has 1 fully saturated rings. The van der Waals surface area contributed by atoms with E-state index < -0.39 is 10.0 Å². The summed E-state index contributed by atoms with van der Waals surface area (Å²) >= 11 is 6.18. The van der Waals surface area contributed by atoms with E-state index in [1.807, 2.05) is 0 Å². The summed E-state index contributed by atoms with van der Waals surface area (Å²) in [6, 6.07) is 4.04. The molecule has 0 spiro atoms. The summed E-state index contributed by atoms with van der Waals surface area (Å²) in [5.74, 6) is 0.636. The molecule has 1 amide bonds. The number of carbonyl (C=O) groups excluding carboxylic acids is 1. The van der Waals surface area contributed by atoms with Crippen molar-refractivity contribution < 1.29 is 13.2 Å². The zero-order valence-corrected chi connectivity index (χ0v) is 16.1. The second-order valence-electron chi connectivity index (χ2n) is 7.07. The third-order valence-electron chi connectivity index (χ3n) is 4.03. The van der Waals surface area contributed by atoms with E-state index in [4.69, 9.17) is 11.6 Å². The standard InChI is InChI=1S/C17H25ClN2O3S/c1-11(2)19-24(22,23)14-5-6-16(18)15(8-14)17(21)20-9-12(3)7-13(4)10-20/h5-6,8,11-13,19H,7,9-10H2,1-4H3. The molecule has 1 N–H and O–H groups in total. The van der Waals surface area contributed by atoms with Crippen LogP contribution in [0.5, 0.6) is 0 Å². The van der Waals surface area contributed by atoms with Crippen LogP contribution >= 0.6 is 11.6 Å². The van der Waals surface area contributed by atoms with E-state index in [1.54, 1.807) is 18.7 Å². The summed E-state index contributed by atoms with van der Waals surface area (Å²) in [4.78, 5) is 14.7. The van der Waals surface area contributed by atoms with Crippen LogP contribution in [0.15, 0.2) is 23.1 Å². The Morgan fingerprint density at radius 3 is 2.38 bits per heavy atom. The van der Waals surface area contributed by atoms with Gasteiger partial charge in [-0.05, 0) is 50.3 Å². The Labute approximate surface area is 149 Å². The average Bonchev–Trinajstić information content (AvgIpc) is 2.44. The number of amides is 1. The highest BCUT2D eigenvalue weighted by molar-refractivity contribution is 7.89. The van der Waals surface area contributed by atoms with Crippen molar-refractivity contribution in [2.75, 3.05) is 13.1 Å². The fourth-order valence-electron chi connectivity index (χ4n) is 3.21. The SMILES string of the molecule is CC1CC(C)CN(C(=O)c2cc(S(=O)(=O)NC(C)C)ccc2Cl)C1. The molecule has 0 aliphatic carbocycles. The van der Waals surface area contributed by atoms with Gasteiger partial charge in [-0.3, -0.25) is 4.79 Å². The van der Waals surface area contributed by atoms with Gasteiger partial charge >= 0.3 is 0 Å². The lowest BCUT2D eigenvalue weighted by molar-refractivity contribution is 0.0623. The van der Waals surface area contributed by atoms with E-state index in [9.17, 15) is 13.2 Å². The van der Waals surface area contributed by atoms with Crippen molar-refractivity contribution in [3.63, 3.8) is 0 Å². The quantitative estimate of drug-likeness (QED) is 0.882. The van der Waals surface area contributed by atoms with Gasteiger partial charge < -0.3 is 4.90 Å². The molecule has 1 heterocycles. The van der Waals surface area contributed by atoms with E-state index in [1.165, 1.54) is 18.2 Å². The maximum Gasteiger partial charge on any atom is 0.255 e. The summed E-state index contributed by atoms with van der Waals surface area (Å²) in [6.45, 7) is 9.06. The first kappa shape index (κ1) is 19.2. The molecular formula is C17H25ClN2O3S. The number of halogens is 1. The summed E-state index contributed by atoms with van der Waals surface area (Å²) in [7, 11) is -3.66. The molecule has 1 aromatic carbocycles. The lowest BCUT2D eigenvalue weighted by atomic mass is 9.91. The largest absolute Gasteiger partial charge is 0.338 e. The molecule has 2 rings (SSSR count). The number of hydrogen-bond donors (Lipinski definition) is 1. The van der Waals surface area contributed by atoms with Crippen LogP contribution in [-0.2, 0) is 10.0 Å². The first-order valence-electron chi connectivity index (χ1n) is 8.21. The number of likely N-dealkylation sites (tertiary alicyclic amines) is 1. The molecular weight excluding hydrogens is 348 g/mol. The molecule has 0 aromatic heterocycles. The highest BCUT2D eigenvalue weighted by Crippen LogP contribution is 2.26. The van der Waals surface area contributed by atoms with E-state index in [2.05, 4.69) is 18.6 Å². The average molecular weight is 373 g/mol. The topological polar surface area (TPSA) is 66.5 Å². The van der Waals surface area contributed by atoms with E-state index >= 15 is 0 Å². The normalized spacial score (nSPS) is 22.0. The molecule has 0 bridgehead atoms. The van der Waals surface area contributed by atoms with Crippen molar-refractivity contribution in [1.82, 2.24) is 9.62 Å². The molecule has 2 unspecified atom stereocenters. The number of piperidine rings is 1. The molecule has 2 atom stereocenters. The smallest absolute Gasteiger partial charge is 0.255 e. The number of hydrogen-bond acceptors (Lipinski definition) is 3. The number of sulfonamides is 1. The maximum absolute atomic E-state index is 12.8. The third-order valence-corrected chi connectivity index (χ3v) is 6.01. The van der Waals surface area contributed by atoms with E-state index in [0.29, 0.717) is 24.9 Å². The number of rotatable bonds is 4. The fraction of sp³-hybridized carbons (Fsp3) is 0.588. The number of benzene rings is 1. The van der Waals surface area contributed by atoms with Gasteiger partial charge in [0.1, 0.15) is 0 Å². The number of nitrogens with zero attached hydrogens (tertiary/aromatic N) is 1. The first-order chi connectivity index (χ1) is 11.1. The lowest BCUT2D eigenvalue weighted by Gasteiger charge is -2.35. The van der Waals surface area contributed by atoms with Crippen LogP contribution in [0.1, 0.15) is 44.5 Å². The van der Waals surface area contributed by atoms with Gasteiger partial charge in [0.25, 0.3) is 5.91 Å². The zero-order valence-electron chi connectivity index (χ0n) is 14.5. The molecule has 1 aromatic rings. The first-order valence-corrected chi connectivity index (χ1v) is 10.1. The second kappa shape index (κ2) is 7.42. The predicted octanol–water partition coefficient (Wildman–Crippen LogP) is 3.14. The van der Waals surface area contributed by atoms with Gasteiger partial charge in [-0.25, -0.2) is 13.1 Å². The zero-order chi connectivity index (χ0) is 18.1. The second-order valence-corrected chi connectivity index (χ2v) is 9.20. The monoisotopic (exact) mass is 372 g/mol. The van der Waals surface area contributed by atoms with Crippen molar-refractivity contribution >= 4 is 27.5 Å². The van der Waals surface area contributed by atoms with Gasteiger partial charge in [0, 0.05) is 19.1 Å². The Bertz CT molecular complexity index is 709. The third kappa shape index (κ3) is 4.49. The maximum atomic E-state index is 12.8. The van der Waals surface area contributed by atoms with Crippen LogP contribution in [0.25, 0.3) is 0 Å². The lowest BCUT2D eigenvalue weighted by Crippen LogP contribution is -2.42. The number of carbonyl (C=O) groups is 1. The highest BCUT2D eigenvalue weighted by atomic mass is 35.5. The molecule has 1 aliphatic heterocycles. The summed E-state index contributed by atoms with van der Waals surface area (Å²) in [6.07, 6.45) is 1.09.